The number of rotatable bonds is 1. The largest absolute Gasteiger partial charge is 0.506 e. The summed E-state index contributed by atoms with van der Waals surface area (Å²) in [5.74, 6) is 0.202. The monoisotopic (exact) mass is 135 g/mol. The molecule has 0 spiro atoms. The zero-order valence-corrected chi connectivity index (χ0v) is 5.78. The Morgan fingerprint density at radius 1 is 1.50 bits per heavy atom. The van der Waals surface area contributed by atoms with E-state index in [1.54, 1.807) is 12.1 Å². The minimum atomic E-state index is 0.202. The molecule has 2 nitrogen and oxygen atoms in total. The van der Waals surface area contributed by atoms with Crippen LogP contribution in [0.25, 0.3) is 6.08 Å². The molecule has 0 saturated carbocycles. The molecule has 0 bridgehead atoms. The van der Waals surface area contributed by atoms with Gasteiger partial charge in [0.15, 0.2) is 0 Å². The quantitative estimate of drug-likeness (QED) is 0.637. The van der Waals surface area contributed by atoms with E-state index >= 15 is 0 Å². The van der Waals surface area contributed by atoms with E-state index in [0.29, 0.717) is 0 Å². The third kappa shape index (κ3) is 1.58. The van der Waals surface area contributed by atoms with Crippen LogP contribution in [0.5, 0.6) is 5.75 Å². The Hall–Kier alpha value is -1.31. The fraction of sp³-hybridized carbons (Fsp3) is 0.125. The summed E-state index contributed by atoms with van der Waals surface area (Å²) >= 11 is 0. The van der Waals surface area contributed by atoms with Crippen molar-refractivity contribution in [3.05, 3.63) is 30.1 Å². The number of pyridine rings is 1. The van der Waals surface area contributed by atoms with Crippen LogP contribution in [-0.4, -0.2) is 10.1 Å². The number of aromatic hydroxyl groups is 1. The first-order valence-electron chi connectivity index (χ1n) is 3.10. The normalized spacial score (nSPS) is 10.5. The summed E-state index contributed by atoms with van der Waals surface area (Å²) in [6.07, 6.45) is 5.20. The Morgan fingerprint density at radius 2 is 2.30 bits per heavy atom. The van der Waals surface area contributed by atoms with Gasteiger partial charge in [-0.15, -0.1) is 0 Å². The lowest BCUT2D eigenvalue weighted by Gasteiger charge is -1.90. The summed E-state index contributed by atoms with van der Waals surface area (Å²) in [6.45, 7) is 1.93. The van der Waals surface area contributed by atoms with Gasteiger partial charge in [0.25, 0.3) is 0 Å². The highest BCUT2D eigenvalue weighted by Gasteiger charge is 1.86. The van der Waals surface area contributed by atoms with Gasteiger partial charge < -0.3 is 5.11 Å². The Morgan fingerprint density at radius 3 is 2.80 bits per heavy atom. The molecule has 52 valence electrons. The predicted octanol–water partition coefficient (Wildman–Crippen LogP) is 1.82. The van der Waals surface area contributed by atoms with Crippen molar-refractivity contribution in [3.8, 4) is 5.75 Å². The van der Waals surface area contributed by atoms with Crippen LogP contribution in [0.3, 0.4) is 0 Å². The van der Waals surface area contributed by atoms with Crippen LogP contribution < -0.4 is 0 Å². The van der Waals surface area contributed by atoms with Gasteiger partial charge in [-0.1, -0.05) is 6.08 Å². The van der Waals surface area contributed by atoms with E-state index in [4.69, 9.17) is 5.11 Å². The summed E-state index contributed by atoms with van der Waals surface area (Å²) in [4.78, 5) is 3.93. The van der Waals surface area contributed by atoms with Gasteiger partial charge in [0.1, 0.15) is 5.75 Å². The lowest BCUT2D eigenvalue weighted by atomic mass is 10.3. The highest BCUT2D eigenvalue weighted by molar-refractivity contribution is 5.44. The van der Waals surface area contributed by atoms with Crippen LogP contribution in [0.2, 0.25) is 0 Å². The molecule has 0 atom stereocenters. The first-order chi connectivity index (χ1) is 4.83. The molecule has 2 heteroatoms. The third-order valence-electron chi connectivity index (χ3n) is 1.11. The molecular formula is C8H9NO. The van der Waals surface area contributed by atoms with Gasteiger partial charge in [0.05, 0.1) is 11.9 Å². The van der Waals surface area contributed by atoms with Crippen LogP contribution in [0.15, 0.2) is 24.4 Å². The van der Waals surface area contributed by atoms with Crippen molar-refractivity contribution in [3.63, 3.8) is 0 Å². The Balaban J connectivity index is 2.89. The molecule has 0 aliphatic heterocycles. The van der Waals surface area contributed by atoms with Crippen molar-refractivity contribution in [1.29, 1.82) is 0 Å². The molecule has 0 aromatic carbocycles. The highest BCUT2D eigenvalue weighted by Crippen LogP contribution is 2.06. The van der Waals surface area contributed by atoms with Crippen molar-refractivity contribution < 1.29 is 5.11 Å². The maximum Gasteiger partial charge on any atom is 0.133 e. The SMILES string of the molecule is CC=Cc1ccc(O)cn1. The van der Waals surface area contributed by atoms with E-state index in [1.807, 2.05) is 19.1 Å². The minimum absolute atomic E-state index is 0.202. The third-order valence-corrected chi connectivity index (χ3v) is 1.11. The van der Waals surface area contributed by atoms with Crippen LogP contribution in [0.4, 0.5) is 0 Å². The smallest absolute Gasteiger partial charge is 0.133 e. The fourth-order valence-corrected chi connectivity index (χ4v) is 0.667. The molecule has 0 fully saturated rings. The predicted molar refractivity (Wildman–Crippen MR) is 40.6 cm³/mol. The molecule has 0 radical (unpaired) electrons. The van der Waals surface area contributed by atoms with Gasteiger partial charge in [0.2, 0.25) is 0 Å². The summed E-state index contributed by atoms with van der Waals surface area (Å²) < 4.78 is 0. The zero-order valence-electron chi connectivity index (χ0n) is 5.78. The zero-order chi connectivity index (χ0) is 7.40. The maximum absolute atomic E-state index is 8.84. The van der Waals surface area contributed by atoms with Crippen LogP contribution in [-0.2, 0) is 0 Å². The minimum Gasteiger partial charge on any atom is -0.506 e. The summed E-state index contributed by atoms with van der Waals surface area (Å²) in [5.41, 5.74) is 0.861. The first kappa shape index (κ1) is 6.81. The molecule has 1 heterocycles. The lowest BCUT2D eigenvalue weighted by molar-refractivity contribution is 0.472. The fourth-order valence-electron chi connectivity index (χ4n) is 0.667. The molecule has 1 N–H and O–H groups in total. The van der Waals surface area contributed by atoms with Gasteiger partial charge in [-0.3, -0.25) is 4.98 Å². The van der Waals surface area contributed by atoms with E-state index in [-0.39, 0.29) is 5.75 Å². The summed E-state index contributed by atoms with van der Waals surface area (Å²) in [7, 11) is 0. The van der Waals surface area contributed by atoms with Gasteiger partial charge in [-0.2, -0.15) is 0 Å². The van der Waals surface area contributed by atoms with Crippen molar-refractivity contribution in [2.75, 3.05) is 0 Å². The molecule has 0 aliphatic carbocycles. The topological polar surface area (TPSA) is 33.1 Å². The van der Waals surface area contributed by atoms with Crippen molar-refractivity contribution in [1.82, 2.24) is 4.98 Å². The van der Waals surface area contributed by atoms with Crippen LogP contribution in [0, 0.1) is 0 Å². The number of allylic oxidation sites excluding steroid dienone is 1. The van der Waals surface area contributed by atoms with Crippen molar-refractivity contribution >= 4 is 6.08 Å². The summed E-state index contributed by atoms with van der Waals surface area (Å²) in [5, 5.41) is 8.84. The van der Waals surface area contributed by atoms with Crippen LogP contribution >= 0.6 is 0 Å². The van der Waals surface area contributed by atoms with Crippen molar-refractivity contribution in [2.24, 2.45) is 0 Å². The number of hydrogen-bond donors (Lipinski definition) is 1. The average Bonchev–Trinajstić information content (AvgIpc) is 1.95. The molecule has 1 aromatic heterocycles. The Kier molecular flexibility index (Phi) is 2.05. The molecule has 10 heavy (non-hydrogen) atoms. The molecule has 0 saturated heterocycles. The van der Waals surface area contributed by atoms with Gasteiger partial charge >= 0.3 is 0 Å². The lowest BCUT2D eigenvalue weighted by Crippen LogP contribution is -1.76. The van der Waals surface area contributed by atoms with E-state index in [9.17, 15) is 0 Å². The van der Waals surface area contributed by atoms with Gasteiger partial charge in [-0.05, 0) is 25.1 Å². The molecule has 0 aliphatic rings. The van der Waals surface area contributed by atoms with E-state index < -0.39 is 0 Å². The van der Waals surface area contributed by atoms with Gasteiger partial charge in [0, 0.05) is 0 Å². The van der Waals surface area contributed by atoms with E-state index in [0.717, 1.165) is 5.69 Å². The van der Waals surface area contributed by atoms with Crippen molar-refractivity contribution in [2.45, 2.75) is 6.92 Å². The first-order valence-corrected chi connectivity index (χ1v) is 3.10. The van der Waals surface area contributed by atoms with Crippen LogP contribution in [0.1, 0.15) is 12.6 Å². The van der Waals surface area contributed by atoms with E-state index in [1.165, 1.54) is 6.20 Å². The Bertz CT molecular complexity index is 226. The maximum atomic E-state index is 8.84. The standard InChI is InChI=1S/C8H9NO/c1-2-3-7-4-5-8(10)6-9-7/h2-6,10H,1H3. The molecule has 1 rings (SSSR count). The number of nitrogens with zero attached hydrogens (tertiary/aromatic N) is 1. The second-order valence-corrected chi connectivity index (χ2v) is 1.94. The molecule has 1 aromatic rings. The number of aromatic nitrogens is 1. The molecule has 0 unspecified atom stereocenters. The second kappa shape index (κ2) is 3.01. The van der Waals surface area contributed by atoms with Gasteiger partial charge in [-0.25, -0.2) is 0 Å². The summed E-state index contributed by atoms with van der Waals surface area (Å²) in [6, 6.07) is 3.37. The molecular weight excluding hydrogens is 126 g/mol. The van der Waals surface area contributed by atoms with E-state index in [2.05, 4.69) is 4.98 Å². The number of hydrogen-bond acceptors (Lipinski definition) is 2. The second-order valence-electron chi connectivity index (χ2n) is 1.94. The Labute approximate surface area is 59.9 Å². The average molecular weight is 135 g/mol. The highest BCUT2D eigenvalue weighted by atomic mass is 16.3. The molecule has 0 amide bonds.